The Morgan fingerprint density at radius 2 is 1.73 bits per heavy atom. The summed E-state index contributed by atoms with van der Waals surface area (Å²) >= 11 is 0. The SMILES string of the molecule is O=C(c1cccc([N+](=O)[O-])c1)N1CCC2(CC1)OCCN2S(=O)(=O)c1ccccc1. The van der Waals surface area contributed by atoms with Gasteiger partial charge in [0.2, 0.25) is 10.0 Å². The van der Waals surface area contributed by atoms with Crippen molar-refractivity contribution < 1.29 is 22.9 Å². The predicted octanol–water partition coefficient (Wildman–Crippen LogP) is 2.25. The second kappa shape index (κ2) is 7.78. The summed E-state index contributed by atoms with van der Waals surface area (Å²) in [4.78, 5) is 25.0. The second-order valence-electron chi connectivity index (χ2n) is 7.28. The third kappa shape index (κ3) is 3.57. The van der Waals surface area contributed by atoms with Crippen molar-refractivity contribution in [3.63, 3.8) is 0 Å². The van der Waals surface area contributed by atoms with Crippen LogP contribution < -0.4 is 0 Å². The van der Waals surface area contributed by atoms with E-state index >= 15 is 0 Å². The fraction of sp³-hybridized carbons (Fsp3) is 0.350. The molecule has 0 saturated carbocycles. The highest BCUT2D eigenvalue weighted by Crippen LogP contribution is 2.38. The van der Waals surface area contributed by atoms with Gasteiger partial charge in [-0.15, -0.1) is 0 Å². The average molecular weight is 431 g/mol. The zero-order chi connectivity index (χ0) is 21.4. The zero-order valence-corrected chi connectivity index (χ0v) is 17.0. The first-order valence-electron chi connectivity index (χ1n) is 9.59. The second-order valence-corrected chi connectivity index (χ2v) is 9.15. The number of hydrogen-bond donors (Lipinski definition) is 0. The van der Waals surface area contributed by atoms with Gasteiger partial charge in [-0.05, 0) is 18.2 Å². The van der Waals surface area contributed by atoms with Crippen molar-refractivity contribution in [2.75, 3.05) is 26.2 Å². The summed E-state index contributed by atoms with van der Waals surface area (Å²) in [5, 5.41) is 11.0. The van der Waals surface area contributed by atoms with Gasteiger partial charge in [0.05, 0.1) is 16.4 Å². The molecule has 2 aromatic carbocycles. The molecule has 0 atom stereocenters. The number of carbonyl (C=O) groups excluding carboxylic acids is 1. The molecule has 2 saturated heterocycles. The van der Waals surface area contributed by atoms with E-state index in [9.17, 15) is 23.3 Å². The van der Waals surface area contributed by atoms with Crippen LogP contribution in [0.2, 0.25) is 0 Å². The normalized spacial score (nSPS) is 19.1. The molecule has 4 rings (SSSR count). The zero-order valence-electron chi connectivity index (χ0n) is 16.1. The molecule has 9 nitrogen and oxygen atoms in total. The van der Waals surface area contributed by atoms with Crippen LogP contribution in [0.1, 0.15) is 23.2 Å². The van der Waals surface area contributed by atoms with E-state index in [1.165, 1.54) is 28.6 Å². The monoisotopic (exact) mass is 431 g/mol. The first-order chi connectivity index (χ1) is 14.3. The van der Waals surface area contributed by atoms with Crippen LogP contribution in [0.15, 0.2) is 59.5 Å². The number of benzene rings is 2. The molecule has 0 aliphatic carbocycles. The van der Waals surface area contributed by atoms with Crippen molar-refractivity contribution in [1.82, 2.24) is 9.21 Å². The van der Waals surface area contributed by atoms with Gasteiger partial charge in [-0.3, -0.25) is 14.9 Å². The number of hydrogen-bond acceptors (Lipinski definition) is 6. The van der Waals surface area contributed by atoms with Crippen LogP contribution in [0.3, 0.4) is 0 Å². The van der Waals surface area contributed by atoms with Gasteiger partial charge in [0.25, 0.3) is 11.6 Å². The lowest BCUT2D eigenvalue weighted by Crippen LogP contribution is -2.55. The summed E-state index contributed by atoms with van der Waals surface area (Å²) in [7, 11) is -3.72. The summed E-state index contributed by atoms with van der Waals surface area (Å²) in [5.74, 6) is -0.316. The molecule has 0 bridgehead atoms. The molecule has 0 N–H and O–H groups in total. The molecule has 0 radical (unpaired) electrons. The van der Waals surface area contributed by atoms with Gasteiger partial charge in [0.1, 0.15) is 5.72 Å². The van der Waals surface area contributed by atoms with Gasteiger partial charge in [-0.2, -0.15) is 4.31 Å². The molecule has 10 heteroatoms. The summed E-state index contributed by atoms with van der Waals surface area (Å²) in [6.07, 6.45) is 0.666. The topological polar surface area (TPSA) is 110 Å². The lowest BCUT2D eigenvalue weighted by molar-refractivity contribution is -0.384. The summed E-state index contributed by atoms with van der Waals surface area (Å²) < 4.78 is 33.6. The standard InChI is InChI=1S/C20H21N3O6S/c24-19(16-5-4-6-17(15-16)23(25)26)21-11-9-20(10-12-21)22(13-14-29-20)30(27,28)18-7-2-1-3-8-18/h1-8,15H,9-14H2. The Labute approximate surface area is 174 Å². The first kappa shape index (κ1) is 20.5. The minimum absolute atomic E-state index is 0.145. The van der Waals surface area contributed by atoms with Gasteiger partial charge in [-0.25, -0.2) is 8.42 Å². The number of sulfonamides is 1. The van der Waals surface area contributed by atoms with Crippen LogP contribution in [0.25, 0.3) is 0 Å². The Morgan fingerprint density at radius 3 is 2.40 bits per heavy atom. The van der Waals surface area contributed by atoms with E-state index < -0.39 is 20.7 Å². The largest absolute Gasteiger partial charge is 0.358 e. The lowest BCUT2D eigenvalue weighted by Gasteiger charge is -2.42. The third-order valence-electron chi connectivity index (χ3n) is 5.59. The van der Waals surface area contributed by atoms with Crippen LogP contribution in [0.5, 0.6) is 0 Å². The molecule has 1 spiro atoms. The van der Waals surface area contributed by atoms with Crippen molar-refractivity contribution in [2.24, 2.45) is 0 Å². The summed E-state index contributed by atoms with van der Waals surface area (Å²) in [6, 6.07) is 13.8. The Bertz CT molecular complexity index is 1060. The number of amides is 1. The van der Waals surface area contributed by atoms with Crippen molar-refractivity contribution in [2.45, 2.75) is 23.5 Å². The molecule has 2 fully saturated rings. The molecule has 158 valence electrons. The number of nitrogens with zero attached hydrogens (tertiary/aromatic N) is 3. The van der Waals surface area contributed by atoms with Gasteiger partial charge in [0, 0.05) is 50.2 Å². The van der Waals surface area contributed by atoms with E-state index in [0.717, 1.165) is 0 Å². The van der Waals surface area contributed by atoms with E-state index in [2.05, 4.69) is 0 Å². The van der Waals surface area contributed by atoms with Gasteiger partial charge >= 0.3 is 0 Å². The third-order valence-corrected chi connectivity index (χ3v) is 7.55. The molecular formula is C20H21N3O6S. The van der Waals surface area contributed by atoms with E-state index in [-0.39, 0.29) is 28.6 Å². The minimum atomic E-state index is -3.72. The first-order valence-corrected chi connectivity index (χ1v) is 11.0. The number of ether oxygens (including phenoxy) is 1. The number of non-ortho nitro benzene ring substituents is 1. The van der Waals surface area contributed by atoms with Crippen molar-refractivity contribution >= 4 is 21.6 Å². The van der Waals surface area contributed by atoms with Crippen LogP contribution >= 0.6 is 0 Å². The van der Waals surface area contributed by atoms with Crippen LogP contribution in [0.4, 0.5) is 5.69 Å². The number of piperidine rings is 1. The number of nitro groups is 1. The molecular weight excluding hydrogens is 410 g/mol. The Kier molecular flexibility index (Phi) is 5.31. The summed E-state index contributed by atoms with van der Waals surface area (Å²) in [6.45, 7) is 1.14. The molecule has 2 aromatic rings. The molecule has 2 aliphatic rings. The molecule has 30 heavy (non-hydrogen) atoms. The van der Waals surface area contributed by atoms with E-state index in [0.29, 0.717) is 32.5 Å². The fourth-order valence-corrected chi connectivity index (χ4v) is 5.78. The maximum Gasteiger partial charge on any atom is 0.270 e. The highest BCUT2D eigenvalue weighted by atomic mass is 32.2. The maximum atomic E-state index is 13.1. The smallest absolute Gasteiger partial charge is 0.270 e. The quantitative estimate of drug-likeness (QED) is 0.542. The van der Waals surface area contributed by atoms with Crippen molar-refractivity contribution in [1.29, 1.82) is 0 Å². The Morgan fingerprint density at radius 1 is 1.03 bits per heavy atom. The highest BCUT2D eigenvalue weighted by molar-refractivity contribution is 7.89. The highest BCUT2D eigenvalue weighted by Gasteiger charge is 2.51. The van der Waals surface area contributed by atoms with Crippen LogP contribution in [0, 0.1) is 10.1 Å². The van der Waals surface area contributed by atoms with E-state index in [1.807, 2.05) is 0 Å². The molecule has 2 heterocycles. The molecule has 2 aliphatic heterocycles. The fourth-order valence-electron chi connectivity index (χ4n) is 4.04. The predicted molar refractivity (Wildman–Crippen MR) is 107 cm³/mol. The minimum Gasteiger partial charge on any atom is -0.358 e. The van der Waals surface area contributed by atoms with Gasteiger partial charge in [-0.1, -0.05) is 24.3 Å². The maximum absolute atomic E-state index is 13.1. The molecule has 0 unspecified atom stereocenters. The van der Waals surface area contributed by atoms with Gasteiger partial charge < -0.3 is 9.64 Å². The Hall–Kier alpha value is -2.82. The van der Waals surface area contributed by atoms with E-state index in [4.69, 9.17) is 4.74 Å². The molecule has 0 aromatic heterocycles. The van der Waals surface area contributed by atoms with Crippen LogP contribution in [-0.4, -0.2) is 60.4 Å². The number of nitro benzene ring substituents is 1. The summed E-state index contributed by atoms with van der Waals surface area (Å²) in [5.41, 5.74) is -0.886. The van der Waals surface area contributed by atoms with Crippen LogP contribution in [-0.2, 0) is 14.8 Å². The van der Waals surface area contributed by atoms with Crippen molar-refractivity contribution in [3.8, 4) is 0 Å². The van der Waals surface area contributed by atoms with Crippen molar-refractivity contribution in [3.05, 3.63) is 70.3 Å². The van der Waals surface area contributed by atoms with E-state index in [1.54, 1.807) is 35.2 Å². The number of rotatable bonds is 4. The lowest BCUT2D eigenvalue weighted by atomic mass is 10.00. The average Bonchev–Trinajstić information content (AvgIpc) is 3.18. The number of likely N-dealkylation sites (tertiary alicyclic amines) is 1. The number of carbonyl (C=O) groups is 1. The van der Waals surface area contributed by atoms with Gasteiger partial charge in [0.15, 0.2) is 0 Å². The molecule has 1 amide bonds. The Balaban J connectivity index is 1.51.